The predicted octanol–water partition coefficient (Wildman–Crippen LogP) is 2.43. The SMILES string of the molecule is COc1ccc2oc(=O)c(C(=O)N3CCCCC3)cc2c1. The first-order valence-electron chi connectivity index (χ1n) is 7.10. The zero-order chi connectivity index (χ0) is 14.8. The molecule has 0 aliphatic carbocycles. The van der Waals surface area contributed by atoms with E-state index in [4.69, 9.17) is 9.15 Å². The fraction of sp³-hybridized carbons (Fsp3) is 0.375. The van der Waals surface area contributed by atoms with E-state index in [9.17, 15) is 9.59 Å². The number of nitrogens with zero attached hydrogens (tertiary/aromatic N) is 1. The maximum atomic E-state index is 12.5. The van der Waals surface area contributed by atoms with Gasteiger partial charge < -0.3 is 14.1 Å². The molecular weight excluding hydrogens is 270 g/mol. The van der Waals surface area contributed by atoms with Gasteiger partial charge in [-0.2, -0.15) is 0 Å². The zero-order valence-electron chi connectivity index (χ0n) is 11.9. The van der Waals surface area contributed by atoms with E-state index in [2.05, 4.69) is 0 Å². The van der Waals surface area contributed by atoms with Gasteiger partial charge in [0.25, 0.3) is 5.91 Å². The largest absolute Gasteiger partial charge is 0.497 e. The first-order valence-corrected chi connectivity index (χ1v) is 7.10. The predicted molar refractivity (Wildman–Crippen MR) is 78.8 cm³/mol. The van der Waals surface area contributed by atoms with Gasteiger partial charge in [-0.25, -0.2) is 4.79 Å². The molecule has 1 aromatic heterocycles. The third kappa shape index (κ3) is 2.63. The van der Waals surface area contributed by atoms with Crippen molar-refractivity contribution < 1.29 is 13.9 Å². The van der Waals surface area contributed by atoms with Crippen molar-refractivity contribution in [2.45, 2.75) is 19.3 Å². The topological polar surface area (TPSA) is 59.8 Å². The van der Waals surface area contributed by atoms with Crippen LogP contribution in [0.2, 0.25) is 0 Å². The highest BCUT2D eigenvalue weighted by molar-refractivity contribution is 5.96. The summed E-state index contributed by atoms with van der Waals surface area (Å²) in [5.74, 6) is 0.417. The van der Waals surface area contributed by atoms with Gasteiger partial charge >= 0.3 is 5.63 Å². The fourth-order valence-electron chi connectivity index (χ4n) is 2.64. The second kappa shape index (κ2) is 5.60. The lowest BCUT2D eigenvalue weighted by atomic mass is 10.1. The summed E-state index contributed by atoms with van der Waals surface area (Å²) < 4.78 is 10.4. The summed E-state index contributed by atoms with van der Waals surface area (Å²) in [6, 6.07) is 6.74. The van der Waals surface area contributed by atoms with Crippen molar-refractivity contribution in [1.29, 1.82) is 0 Å². The van der Waals surface area contributed by atoms with E-state index in [-0.39, 0.29) is 11.5 Å². The van der Waals surface area contributed by atoms with Crippen LogP contribution in [0.5, 0.6) is 5.75 Å². The van der Waals surface area contributed by atoms with Gasteiger partial charge in [-0.1, -0.05) is 0 Å². The molecule has 1 fully saturated rings. The number of piperidine rings is 1. The van der Waals surface area contributed by atoms with Gasteiger partial charge in [-0.05, 0) is 43.5 Å². The summed E-state index contributed by atoms with van der Waals surface area (Å²) in [4.78, 5) is 26.2. The number of rotatable bonds is 2. The molecule has 1 aromatic carbocycles. The Hall–Kier alpha value is -2.30. The van der Waals surface area contributed by atoms with E-state index in [0.717, 1.165) is 19.3 Å². The van der Waals surface area contributed by atoms with Crippen molar-refractivity contribution in [3.63, 3.8) is 0 Å². The van der Waals surface area contributed by atoms with Crippen LogP contribution in [0.15, 0.2) is 33.5 Å². The standard InChI is InChI=1S/C16H17NO4/c1-20-12-5-6-14-11(9-12)10-13(16(19)21-14)15(18)17-7-3-2-4-8-17/h5-6,9-10H,2-4,7-8H2,1H3. The Bertz CT molecular complexity index is 729. The Morgan fingerprint density at radius 1 is 1.19 bits per heavy atom. The van der Waals surface area contributed by atoms with E-state index in [1.165, 1.54) is 0 Å². The molecule has 1 saturated heterocycles. The van der Waals surface area contributed by atoms with Crippen LogP contribution in [0.3, 0.4) is 0 Å². The number of amides is 1. The van der Waals surface area contributed by atoms with Crippen LogP contribution in [0.25, 0.3) is 11.0 Å². The molecule has 0 spiro atoms. The van der Waals surface area contributed by atoms with E-state index < -0.39 is 5.63 Å². The number of fused-ring (bicyclic) bond motifs is 1. The highest BCUT2D eigenvalue weighted by Gasteiger charge is 2.22. The monoisotopic (exact) mass is 287 g/mol. The molecule has 3 rings (SSSR count). The van der Waals surface area contributed by atoms with Crippen LogP contribution < -0.4 is 10.4 Å². The summed E-state index contributed by atoms with van der Waals surface area (Å²) in [5.41, 5.74) is -0.0307. The van der Waals surface area contributed by atoms with E-state index in [0.29, 0.717) is 29.8 Å². The molecule has 2 aromatic rings. The van der Waals surface area contributed by atoms with Gasteiger partial charge in [0.05, 0.1) is 7.11 Å². The second-order valence-corrected chi connectivity index (χ2v) is 5.20. The second-order valence-electron chi connectivity index (χ2n) is 5.20. The number of carbonyl (C=O) groups is 1. The average molecular weight is 287 g/mol. The summed E-state index contributed by atoms with van der Waals surface area (Å²) in [6.45, 7) is 1.41. The lowest BCUT2D eigenvalue weighted by Crippen LogP contribution is -2.37. The Labute approximate surface area is 122 Å². The van der Waals surface area contributed by atoms with Crippen LogP contribution in [0, 0.1) is 0 Å². The van der Waals surface area contributed by atoms with Crippen LogP contribution in [-0.2, 0) is 0 Å². The van der Waals surface area contributed by atoms with Crippen molar-refractivity contribution >= 4 is 16.9 Å². The molecule has 5 nitrogen and oxygen atoms in total. The Kier molecular flexibility index (Phi) is 3.64. The molecule has 0 radical (unpaired) electrons. The highest BCUT2D eigenvalue weighted by Crippen LogP contribution is 2.21. The van der Waals surface area contributed by atoms with Crippen molar-refractivity contribution in [2.75, 3.05) is 20.2 Å². The number of hydrogen-bond acceptors (Lipinski definition) is 4. The molecule has 0 N–H and O–H groups in total. The average Bonchev–Trinajstić information content (AvgIpc) is 2.54. The van der Waals surface area contributed by atoms with Gasteiger partial charge in [0, 0.05) is 18.5 Å². The molecular formula is C16H17NO4. The quantitative estimate of drug-likeness (QED) is 0.796. The summed E-state index contributed by atoms with van der Waals surface area (Å²) in [6.07, 6.45) is 3.10. The van der Waals surface area contributed by atoms with Gasteiger partial charge in [0.2, 0.25) is 0 Å². The number of likely N-dealkylation sites (tertiary alicyclic amines) is 1. The minimum absolute atomic E-state index is 0.0950. The molecule has 5 heteroatoms. The van der Waals surface area contributed by atoms with E-state index >= 15 is 0 Å². The zero-order valence-corrected chi connectivity index (χ0v) is 11.9. The normalized spacial score (nSPS) is 15.2. The summed E-state index contributed by atoms with van der Waals surface area (Å²) >= 11 is 0. The lowest BCUT2D eigenvalue weighted by Gasteiger charge is -2.26. The maximum Gasteiger partial charge on any atom is 0.349 e. The highest BCUT2D eigenvalue weighted by atomic mass is 16.5. The van der Waals surface area contributed by atoms with Crippen molar-refractivity contribution in [3.8, 4) is 5.75 Å². The molecule has 0 saturated carbocycles. The Morgan fingerprint density at radius 2 is 1.95 bits per heavy atom. The van der Waals surface area contributed by atoms with Gasteiger partial charge in [0.15, 0.2) is 0 Å². The fourth-order valence-corrected chi connectivity index (χ4v) is 2.64. The van der Waals surface area contributed by atoms with Crippen LogP contribution in [0.4, 0.5) is 0 Å². The molecule has 1 amide bonds. The van der Waals surface area contributed by atoms with Gasteiger partial charge in [0.1, 0.15) is 16.9 Å². The minimum atomic E-state index is -0.580. The molecule has 2 heterocycles. The smallest absolute Gasteiger partial charge is 0.349 e. The molecule has 1 aliphatic heterocycles. The van der Waals surface area contributed by atoms with Crippen molar-refractivity contribution in [1.82, 2.24) is 4.90 Å². The van der Waals surface area contributed by atoms with E-state index in [1.54, 1.807) is 36.3 Å². The Morgan fingerprint density at radius 3 is 2.67 bits per heavy atom. The first kappa shape index (κ1) is 13.7. The molecule has 1 aliphatic rings. The number of hydrogen-bond donors (Lipinski definition) is 0. The summed E-state index contributed by atoms with van der Waals surface area (Å²) in [5, 5.41) is 0.689. The Balaban J connectivity index is 2.02. The number of methoxy groups -OCH3 is 1. The maximum absolute atomic E-state index is 12.5. The molecule has 0 unspecified atom stereocenters. The first-order chi connectivity index (χ1) is 10.2. The van der Waals surface area contributed by atoms with Crippen molar-refractivity contribution in [3.05, 3.63) is 40.2 Å². The molecule has 0 bridgehead atoms. The number of ether oxygens (including phenoxy) is 1. The molecule has 0 atom stereocenters. The van der Waals surface area contributed by atoms with Crippen LogP contribution in [-0.4, -0.2) is 31.0 Å². The third-order valence-electron chi connectivity index (χ3n) is 3.81. The van der Waals surface area contributed by atoms with Crippen LogP contribution >= 0.6 is 0 Å². The minimum Gasteiger partial charge on any atom is -0.497 e. The lowest BCUT2D eigenvalue weighted by molar-refractivity contribution is 0.0720. The molecule has 21 heavy (non-hydrogen) atoms. The van der Waals surface area contributed by atoms with Crippen molar-refractivity contribution in [2.24, 2.45) is 0 Å². The van der Waals surface area contributed by atoms with Gasteiger partial charge in [-0.15, -0.1) is 0 Å². The van der Waals surface area contributed by atoms with Gasteiger partial charge in [-0.3, -0.25) is 4.79 Å². The van der Waals surface area contributed by atoms with E-state index in [1.807, 2.05) is 0 Å². The third-order valence-corrected chi connectivity index (χ3v) is 3.81. The summed E-state index contributed by atoms with van der Waals surface area (Å²) in [7, 11) is 1.57. The molecule has 110 valence electrons. The van der Waals surface area contributed by atoms with Crippen LogP contribution in [0.1, 0.15) is 29.6 Å². The number of benzene rings is 1. The number of carbonyl (C=O) groups excluding carboxylic acids is 1.